The van der Waals surface area contributed by atoms with Crippen LogP contribution >= 0.6 is 15.9 Å². The van der Waals surface area contributed by atoms with E-state index in [0.717, 1.165) is 29.3 Å². The fourth-order valence-electron chi connectivity index (χ4n) is 5.15. The van der Waals surface area contributed by atoms with Gasteiger partial charge in [0.05, 0.1) is 6.61 Å². The maximum atomic E-state index is 14.2. The minimum Gasteiger partial charge on any atom is -0.494 e. The molecule has 2 N–H and O–H groups in total. The topological polar surface area (TPSA) is 106 Å². The van der Waals surface area contributed by atoms with Gasteiger partial charge in [0.25, 0.3) is 5.91 Å². The number of halogens is 1. The number of unbranched alkanes of at least 4 members (excludes halogenated alkanes) is 1. The monoisotopic (exact) mass is 678 g/mol. The van der Waals surface area contributed by atoms with Crippen LogP contribution in [0.3, 0.4) is 0 Å². The molecule has 9 heteroatoms. The maximum Gasteiger partial charge on any atom is 0.306 e. The van der Waals surface area contributed by atoms with Crippen molar-refractivity contribution in [2.45, 2.75) is 76.5 Å². The van der Waals surface area contributed by atoms with Crippen molar-refractivity contribution in [2.24, 2.45) is 4.99 Å². The van der Waals surface area contributed by atoms with Crippen LogP contribution in [-0.2, 0) is 25.5 Å². The molecule has 0 unspecified atom stereocenters. The van der Waals surface area contributed by atoms with Gasteiger partial charge in [0.2, 0.25) is 5.90 Å². The lowest BCUT2D eigenvalue weighted by Crippen LogP contribution is -2.49. The Hall–Kier alpha value is -3.69. The minimum atomic E-state index is -1.41. The van der Waals surface area contributed by atoms with E-state index in [2.05, 4.69) is 33.4 Å². The van der Waals surface area contributed by atoms with E-state index in [9.17, 15) is 9.59 Å². The summed E-state index contributed by atoms with van der Waals surface area (Å²) >= 11 is 3.50. The van der Waals surface area contributed by atoms with Crippen molar-refractivity contribution in [1.82, 2.24) is 5.32 Å². The third-order valence-corrected chi connectivity index (χ3v) is 7.88. The Kier molecular flexibility index (Phi) is 12.2. The number of nitrogens with one attached hydrogen (secondary N) is 1. The Balaban J connectivity index is 1.61. The average molecular weight is 680 g/mol. The molecule has 1 heterocycles. The third kappa shape index (κ3) is 9.90. The van der Waals surface area contributed by atoms with Crippen molar-refractivity contribution in [1.29, 1.82) is 0 Å². The second-order valence-corrected chi connectivity index (χ2v) is 13.0. The molecule has 0 saturated carbocycles. The minimum absolute atomic E-state index is 0.0104. The number of amides is 1. The first-order valence-electron chi connectivity index (χ1n) is 15.5. The Morgan fingerprint density at radius 3 is 2.36 bits per heavy atom. The summed E-state index contributed by atoms with van der Waals surface area (Å²) in [5.41, 5.74) is 0.648. The van der Waals surface area contributed by atoms with Gasteiger partial charge in [0.1, 0.15) is 11.4 Å². The number of nitrogens with zero attached hydrogens (tertiary/aromatic N) is 1. The SMILES string of the molecule is CC(C)(C)OC(=O)CC[C@@]1(C(=O)NCCCCc2ccccc2)N=C(c2ccc(OCCCO)cc2)O[C@@H]1c1ccc(Br)cc1. The largest absolute Gasteiger partial charge is 0.494 e. The molecule has 3 aromatic carbocycles. The van der Waals surface area contributed by atoms with E-state index < -0.39 is 23.2 Å². The zero-order chi connectivity index (χ0) is 32.3. The van der Waals surface area contributed by atoms with E-state index in [0.29, 0.717) is 36.8 Å². The fraction of sp³-hybridized carbons (Fsp3) is 0.417. The number of ether oxygens (including phenoxy) is 3. The Morgan fingerprint density at radius 2 is 1.69 bits per heavy atom. The number of carbonyl (C=O) groups excluding carboxylic acids is 2. The molecule has 1 aliphatic rings. The lowest BCUT2D eigenvalue weighted by atomic mass is 9.83. The maximum absolute atomic E-state index is 14.2. The summed E-state index contributed by atoms with van der Waals surface area (Å²) in [5, 5.41) is 12.2. The molecule has 1 amide bonds. The van der Waals surface area contributed by atoms with Gasteiger partial charge in [-0.2, -0.15) is 0 Å². The summed E-state index contributed by atoms with van der Waals surface area (Å²) in [6.07, 6.45) is 2.49. The molecule has 0 saturated heterocycles. The summed E-state index contributed by atoms with van der Waals surface area (Å²) in [6.45, 7) is 6.38. The molecular formula is C36H43BrN2O6. The Labute approximate surface area is 274 Å². The van der Waals surface area contributed by atoms with Crippen molar-refractivity contribution in [3.63, 3.8) is 0 Å². The van der Waals surface area contributed by atoms with Crippen LogP contribution in [0.5, 0.6) is 5.75 Å². The first kappa shape index (κ1) is 34.2. The quantitative estimate of drug-likeness (QED) is 0.136. The number of hydrogen-bond acceptors (Lipinski definition) is 7. The van der Waals surface area contributed by atoms with Gasteiger partial charge in [-0.05, 0) is 94.0 Å². The number of aryl methyl sites for hydroxylation is 1. The number of rotatable bonds is 15. The molecule has 0 fully saturated rings. The molecule has 0 spiro atoms. The molecule has 240 valence electrons. The van der Waals surface area contributed by atoms with Crippen LogP contribution in [0.1, 0.15) is 75.7 Å². The number of esters is 1. The van der Waals surface area contributed by atoms with Gasteiger partial charge in [-0.3, -0.25) is 9.59 Å². The highest BCUT2D eigenvalue weighted by molar-refractivity contribution is 9.10. The summed E-state index contributed by atoms with van der Waals surface area (Å²) in [6, 6.07) is 25.1. The number of aliphatic imine (C=N–C) groups is 1. The Bertz CT molecular complexity index is 1420. The predicted molar refractivity (Wildman–Crippen MR) is 178 cm³/mol. The first-order valence-corrected chi connectivity index (χ1v) is 16.3. The van der Waals surface area contributed by atoms with Crippen LogP contribution in [0.25, 0.3) is 0 Å². The molecule has 4 rings (SSSR count). The van der Waals surface area contributed by atoms with Crippen molar-refractivity contribution in [2.75, 3.05) is 19.8 Å². The van der Waals surface area contributed by atoms with Crippen molar-refractivity contribution >= 4 is 33.7 Å². The van der Waals surface area contributed by atoms with E-state index in [1.165, 1.54) is 5.56 Å². The van der Waals surface area contributed by atoms with E-state index in [4.69, 9.17) is 24.3 Å². The zero-order valence-corrected chi connectivity index (χ0v) is 27.8. The number of hydrogen-bond donors (Lipinski definition) is 2. The molecule has 1 aliphatic heterocycles. The van der Waals surface area contributed by atoms with E-state index >= 15 is 0 Å². The summed E-state index contributed by atoms with van der Waals surface area (Å²) < 4.78 is 18.7. The smallest absolute Gasteiger partial charge is 0.306 e. The fourth-order valence-corrected chi connectivity index (χ4v) is 5.41. The number of carbonyl (C=O) groups is 2. The number of aliphatic hydroxyl groups excluding tert-OH is 1. The lowest BCUT2D eigenvalue weighted by molar-refractivity contribution is -0.155. The van der Waals surface area contributed by atoms with Crippen LogP contribution in [0.15, 0.2) is 88.3 Å². The van der Waals surface area contributed by atoms with Gasteiger partial charge in [-0.15, -0.1) is 0 Å². The van der Waals surface area contributed by atoms with E-state index in [1.807, 2.05) is 75.4 Å². The Morgan fingerprint density at radius 1 is 0.978 bits per heavy atom. The molecule has 45 heavy (non-hydrogen) atoms. The highest BCUT2D eigenvalue weighted by Gasteiger charge is 2.53. The van der Waals surface area contributed by atoms with Crippen LogP contribution in [0, 0.1) is 0 Å². The molecule has 2 atom stereocenters. The lowest BCUT2D eigenvalue weighted by Gasteiger charge is -2.31. The second kappa shape index (κ2) is 16.0. The highest BCUT2D eigenvalue weighted by atomic mass is 79.9. The molecule has 0 aliphatic carbocycles. The van der Waals surface area contributed by atoms with Crippen molar-refractivity contribution in [3.05, 3.63) is 100 Å². The van der Waals surface area contributed by atoms with Gasteiger partial charge in [0, 0.05) is 36.0 Å². The van der Waals surface area contributed by atoms with Crippen LogP contribution in [-0.4, -0.2) is 53.8 Å². The van der Waals surface area contributed by atoms with Crippen LogP contribution < -0.4 is 10.1 Å². The summed E-state index contributed by atoms with van der Waals surface area (Å²) in [5.74, 6) is 0.269. The molecule has 0 radical (unpaired) electrons. The first-order chi connectivity index (χ1) is 21.6. The normalized spacial score (nSPS) is 17.7. The van der Waals surface area contributed by atoms with E-state index in [1.54, 1.807) is 12.1 Å². The van der Waals surface area contributed by atoms with Crippen LogP contribution in [0.4, 0.5) is 0 Å². The number of aliphatic hydroxyl groups is 1. The summed E-state index contributed by atoms with van der Waals surface area (Å²) in [4.78, 5) is 32.1. The van der Waals surface area contributed by atoms with Crippen molar-refractivity contribution < 1.29 is 28.9 Å². The standard InChI is InChI=1S/C36H43BrN2O6/c1-35(2,3)45-31(41)21-22-36(34(42)38-23-8-7-12-26-10-5-4-6-11-26)32(27-13-17-29(37)18-14-27)44-33(39-36)28-15-19-30(20-16-28)43-25-9-24-40/h4-6,10-11,13-20,32,40H,7-9,12,21-25H2,1-3H3,(H,38,42)/t32-,36-/m1/s1. The molecule has 0 bridgehead atoms. The summed E-state index contributed by atoms with van der Waals surface area (Å²) in [7, 11) is 0. The van der Waals surface area contributed by atoms with Gasteiger partial charge in [0.15, 0.2) is 11.6 Å². The third-order valence-electron chi connectivity index (χ3n) is 7.35. The average Bonchev–Trinajstić information content (AvgIpc) is 3.41. The van der Waals surface area contributed by atoms with E-state index in [-0.39, 0.29) is 25.4 Å². The highest BCUT2D eigenvalue weighted by Crippen LogP contribution is 2.43. The van der Waals surface area contributed by atoms with Gasteiger partial charge >= 0.3 is 5.97 Å². The molecule has 0 aromatic heterocycles. The van der Waals surface area contributed by atoms with Gasteiger partial charge < -0.3 is 24.6 Å². The molecular weight excluding hydrogens is 636 g/mol. The number of benzene rings is 3. The zero-order valence-electron chi connectivity index (χ0n) is 26.3. The molecule has 3 aromatic rings. The van der Waals surface area contributed by atoms with Crippen molar-refractivity contribution in [3.8, 4) is 5.75 Å². The second-order valence-electron chi connectivity index (χ2n) is 12.1. The predicted octanol–water partition coefficient (Wildman–Crippen LogP) is 6.73. The van der Waals surface area contributed by atoms with Gasteiger partial charge in [-0.25, -0.2) is 4.99 Å². The van der Waals surface area contributed by atoms with Gasteiger partial charge in [-0.1, -0.05) is 58.4 Å². The molecule has 8 nitrogen and oxygen atoms in total. The van der Waals surface area contributed by atoms with Crippen LogP contribution in [0.2, 0.25) is 0 Å².